The van der Waals surface area contributed by atoms with Crippen molar-refractivity contribution in [1.29, 1.82) is 0 Å². The molecule has 0 bridgehead atoms. The van der Waals surface area contributed by atoms with E-state index in [4.69, 9.17) is 9.84 Å². The standard InChI is InChI=1S/C15H18FNO4/c1-15(14(19)20)5-7-17(8-6-15)13(18)10-3-4-12(21-2)11(16)9-10/h3-4,9H,5-8H2,1-2H3,(H,19,20). The molecule has 5 nitrogen and oxygen atoms in total. The van der Waals surface area contributed by atoms with Gasteiger partial charge >= 0.3 is 5.97 Å². The number of ether oxygens (including phenoxy) is 1. The average Bonchev–Trinajstić information content (AvgIpc) is 2.47. The van der Waals surface area contributed by atoms with Crippen molar-refractivity contribution in [3.63, 3.8) is 0 Å². The van der Waals surface area contributed by atoms with Gasteiger partial charge in [-0.2, -0.15) is 0 Å². The summed E-state index contributed by atoms with van der Waals surface area (Å²) in [5.74, 6) is -1.63. The molecule has 1 saturated heterocycles. The zero-order chi connectivity index (χ0) is 15.6. The Morgan fingerprint density at radius 3 is 2.43 bits per heavy atom. The van der Waals surface area contributed by atoms with Gasteiger partial charge in [-0.05, 0) is 38.0 Å². The van der Waals surface area contributed by atoms with Gasteiger partial charge in [-0.1, -0.05) is 0 Å². The molecule has 0 spiro atoms. The van der Waals surface area contributed by atoms with Crippen LogP contribution in [0.5, 0.6) is 5.75 Å². The second-order valence-corrected chi connectivity index (χ2v) is 5.51. The smallest absolute Gasteiger partial charge is 0.309 e. The summed E-state index contributed by atoms with van der Waals surface area (Å²) in [5.41, 5.74) is -0.547. The van der Waals surface area contributed by atoms with Crippen molar-refractivity contribution in [3.05, 3.63) is 29.6 Å². The topological polar surface area (TPSA) is 66.8 Å². The van der Waals surface area contributed by atoms with Crippen molar-refractivity contribution in [2.75, 3.05) is 20.2 Å². The molecule has 21 heavy (non-hydrogen) atoms. The highest BCUT2D eigenvalue weighted by atomic mass is 19.1. The fraction of sp³-hybridized carbons (Fsp3) is 0.467. The van der Waals surface area contributed by atoms with Gasteiger partial charge < -0.3 is 14.7 Å². The van der Waals surface area contributed by atoms with Gasteiger partial charge in [-0.3, -0.25) is 9.59 Å². The van der Waals surface area contributed by atoms with E-state index in [0.717, 1.165) is 6.07 Å². The second-order valence-electron chi connectivity index (χ2n) is 5.51. The number of nitrogens with zero attached hydrogens (tertiary/aromatic N) is 1. The highest BCUT2D eigenvalue weighted by Gasteiger charge is 2.38. The number of hydrogen-bond acceptors (Lipinski definition) is 3. The number of piperidine rings is 1. The third-order valence-electron chi connectivity index (χ3n) is 4.07. The lowest BCUT2D eigenvalue weighted by Crippen LogP contribution is -2.45. The number of rotatable bonds is 3. The Morgan fingerprint density at radius 1 is 1.33 bits per heavy atom. The van der Waals surface area contributed by atoms with Crippen molar-refractivity contribution in [2.45, 2.75) is 19.8 Å². The van der Waals surface area contributed by atoms with Crippen LogP contribution in [-0.2, 0) is 4.79 Å². The fourth-order valence-electron chi connectivity index (χ4n) is 2.40. The molecule has 1 aromatic carbocycles. The van der Waals surface area contributed by atoms with Gasteiger partial charge in [0, 0.05) is 18.7 Å². The first kappa shape index (κ1) is 15.3. The lowest BCUT2D eigenvalue weighted by molar-refractivity contribution is -0.150. The first-order chi connectivity index (χ1) is 9.87. The molecule has 0 saturated carbocycles. The number of carboxylic acids is 1. The van der Waals surface area contributed by atoms with Crippen LogP contribution in [0, 0.1) is 11.2 Å². The summed E-state index contributed by atoms with van der Waals surface area (Å²) in [5, 5.41) is 9.17. The van der Waals surface area contributed by atoms with Crippen molar-refractivity contribution in [3.8, 4) is 5.75 Å². The first-order valence-corrected chi connectivity index (χ1v) is 6.73. The van der Waals surface area contributed by atoms with Gasteiger partial charge in [0.2, 0.25) is 0 Å². The van der Waals surface area contributed by atoms with Crippen molar-refractivity contribution >= 4 is 11.9 Å². The normalized spacial score (nSPS) is 17.4. The molecule has 1 aliphatic heterocycles. The maximum atomic E-state index is 13.6. The second kappa shape index (κ2) is 5.71. The molecule has 1 aliphatic rings. The molecular weight excluding hydrogens is 277 g/mol. The summed E-state index contributed by atoms with van der Waals surface area (Å²) in [6.07, 6.45) is 0.791. The first-order valence-electron chi connectivity index (χ1n) is 6.73. The van der Waals surface area contributed by atoms with Crippen LogP contribution in [0.3, 0.4) is 0 Å². The Balaban J connectivity index is 2.09. The van der Waals surface area contributed by atoms with E-state index in [9.17, 15) is 14.0 Å². The quantitative estimate of drug-likeness (QED) is 0.928. The van der Waals surface area contributed by atoms with E-state index in [0.29, 0.717) is 25.9 Å². The number of carbonyl (C=O) groups excluding carboxylic acids is 1. The molecule has 0 radical (unpaired) electrons. The van der Waals surface area contributed by atoms with E-state index < -0.39 is 17.2 Å². The van der Waals surface area contributed by atoms with E-state index in [2.05, 4.69) is 0 Å². The van der Waals surface area contributed by atoms with Crippen LogP contribution >= 0.6 is 0 Å². The Kier molecular flexibility index (Phi) is 4.16. The minimum absolute atomic E-state index is 0.0867. The maximum Gasteiger partial charge on any atom is 0.309 e. The van der Waals surface area contributed by atoms with Crippen LogP contribution in [0.1, 0.15) is 30.1 Å². The fourth-order valence-corrected chi connectivity index (χ4v) is 2.40. The predicted molar refractivity (Wildman–Crippen MR) is 73.8 cm³/mol. The zero-order valence-electron chi connectivity index (χ0n) is 12.1. The largest absolute Gasteiger partial charge is 0.494 e. The number of benzene rings is 1. The molecule has 6 heteroatoms. The number of halogens is 1. The lowest BCUT2D eigenvalue weighted by Gasteiger charge is -2.36. The molecule has 114 valence electrons. The molecule has 1 aromatic rings. The van der Waals surface area contributed by atoms with E-state index in [1.807, 2.05) is 0 Å². The van der Waals surface area contributed by atoms with Gasteiger partial charge in [0.05, 0.1) is 12.5 Å². The molecular formula is C15H18FNO4. The summed E-state index contributed by atoms with van der Waals surface area (Å²) >= 11 is 0. The minimum atomic E-state index is -0.843. The number of likely N-dealkylation sites (tertiary alicyclic amines) is 1. The third-order valence-corrected chi connectivity index (χ3v) is 4.07. The van der Waals surface area contributed by atoms with Crippen LogP contribution in [0.2, 0.25) is 0 Å². The van der Waals surface area contributed by atoms with Crippen LogP contribution in [0.15, 0.2) is 18.2 Å². The van der Waals surface area contributed by atoms with E-state index >= 15 is 0 Å². The van der Waals surface area contributed by atoms with Crippen LogP contribution in [0.4, 0.5) is 4.39 Å². The Labute approximate surface area is 122 Å². The third kappa shape index (κ3) is 2.99. The number of methoxy groups -OCH3 is 1. The summed E-state index contributed by atoms with van der Waals surface area (Å²) in [4.78, 5) is 25.0. The summed E-state index contributed by atoms with van der Waals surface area (Å²) < 4.78 is 18.4. The predicted octanol–water partition coefficient (Wildman–Crippen LogP) is 2.16. The number of hydrogen-bond donors (Lipinski definition) is 1. The van der Waals surface area contributed by atoms with Crippen LogP contribution < -0.4 is 4.74 Å². The average molecular weight is 295 g/mol. The lowest BCUT2D eigenvalue weighted by atomic mass is 9.80. The van der Waals surface area contributed by atoms with Gasteiger partial charge in [-0.25, -0.2) is 4.39 Å². The monoisotopic (exact) mass is 295 g/mol. The van der Waals surface area contributed by atoms with Crippen LogP contribution in [0.25, 0.3) is 0 Å². The van der Waals surface area contributed by atoms with E-state index in [1.54, 1.807) is 11.8 Å². The maximum absolute atomic E-state index is 13.6. The molecule has 0 aliphatic carbocycles. The molecule has 0 unspecified atom stereocenters. The van der Waals surface area contributed by atoms with Crippen molar-refractivity contribution < 1.29 is 23.8 Å². The Morgan fingerprint density at radius 2 is 1.95 bits per heavy atom. The number of amides is 1. The number of carboxylic acid groups (broad SMARTS) is 1. The molecule has 1 heterocycles. The highest BCUT2D eigenvalue weighted by Crippen LogP contribution is 2.31. The Hall–Kier alpha value is -2.11. The van der Waals surface area contributed by atoms with Gasteiger partial charge in [0.1, 0.15) is 0 Å². The molecule has 2 rings (SSSR count). The summed E-state index contributed by atoms with van der Waals surface area (Å²) in [6, 6.07) is 4.06. The molecule has 0 atom stereocenters. The van der Waals surface area contributed by atoms with Crippen LogP contribution in [-0.4, -0.2) is 42.1 Å². The van der Waals surface area contributed by atoms with E-state index in [1.165, 1.54) is 19.2 Å². The Bertz CT molecular complexity index is 565. The molecule has 0 aromatic heterocycles. The zero-order valence-corrected chi connectivity index (χ0v) is 12.1. The van der Waals surface area contributed by atoms with Gasteiger partial charge in [0.25, 0.3) is 5.91 Å². The SMILES string of the molecule is COc1ccc(C(=O)N2CCC(C)(C(=O)O)CC2)cc1F. The molecule has 1 N–H and O–H groups in total. The summed E-state index contributed by atoms with van der Waals surface area (Å²) in [6.45, 7) is 2.40. The summed E-state index contributed by atoms with van der Waals surface area (Å²) in [7, 11) is 1.36. The van der Waals surface area contributed by atoms with E-state index in [-0.39, 0.29) is 17.2 Å². The minimum Gasteiger partial charge on any atom is -0.494 e. The molecule has 1 fully saturated rings. The number of carbonyl (C=O) groups is 2. The van der Waals surface area contributed by atoms with Gasteiger partial charge in [0.15, 0.2) is 11.6 Å². The van der Waals surface area contributed by atoms with Crippen molar-refractivity contribution in [2.24, 2.45) is 5.41 Å². The molecule has 1 amide bonds. The van der Waals surface area contributed by atoms with Gasteiger partial charge in [-0.15, -0.1) is 0 Å². The highest BCUT2D eigenvalue weighted by molar-refractivity contribution is 5.94. The van der Waals surface area contributed by atoms with Crippen molar-refractivity contribution in [1.82, 2.24) is 4.90 Å². The number of aliphatic carboxylic acids is 1.